The zero-order valence-corrected chi connectivity index (χ0v) is 12.4. The van der Waals surface area contributed by atoms with E-state index in [0.717, 1.165) is 0 Å². The van der Waals surface area contributed by atoms with Gasteiger partial charge in [-0.2, -0.15) is 0 Å². The van der Waals surface area contributed by atoms with E-state index in [-0.39, 0.29) is 5.75 Å². The fourth-order valence-electron chi connectivity index (χ4n) is 3.45. The molecule has 0 saturated heterocycles. The van der Waals surface area contributed by atoms with Crippen molar-refractivity contribution in [3.63, 3.8) is 0 Å². The highest BCUT2D eigenvalue weighted by atomic mass is 16.5. The Balaban J connectivity index is 2.05. The molecule has 0 atom stereocenters. The van der Waals surface area contributed by atoms with Crippen LogP contribution in [0.25, 0.3) is 0 Å². The van der Waals surface area contributed by atoms with Crippen LogP contribution < -0.4 is 4.74 Å². The number of phenols is 1. The zero-order valence-electron chi connectivity index (χ0n) is 12.4. The Kier molecular flexibility index (Phi) is 4.38. The Hall–Kier alpha value is -1.18. The third-order valence-electron chi connectivity index (χ3n) is 4.72. The van der Waals surface area contributed by atoms with Gasteiger partial charge >= 0.3 is 0 Å². The van der Waals surface area contributed by atoms with Gasteiger partial charge in [0.05, 0.1) is 7.11 Å². The van der Waals surface area contributed by atoms with Gasteiger partial charge in [0, 0.05) is 0 Å². The van der Waals surface area contributed by atoms with Crippen LogP contribution in [-0.2, 0) is 0 Å². The van der Waals surface area contributed by atoms with E-state index in [1.165, 1.54) is 44.1 Å². The largest absolute Gasteiger partial charge is 0.504 e. The summed E-state index contributed by atoms with van der Waals surface area (Å²) in [6.45, 7) is 4.71. The second-order valence-electron chi connectivity index (χ2n) is 6.27. The summed E-state index contributed by atoms with van der Waals surface area (Å²) in [5.74, 6) is 1.46. The maximum atomic E-state index is 9.66. The number of hydrogen-bond acceptors (Lipinski definition) is 2. The monoisotopic (exact) mass is 262 g/mol. The molecule has 106 valence electrons. The van der Waals surface area contributed by atoms with Gasteiger partial charge < -0.3 is 9.84 Å². The summed E-state index contributed by atoms with van der Waals surface area (Å²) < 4.78 is 5.21. The molecule has 1 N–H and O–H groups in total. The minimum atomic E-state index is 0.234. The number of benzene rings is 1. The molecule has 0 amide bonds. The molecule has 0 radical (unpaired) electrons. The van der Waals surface area contributed by atoms with Crippen LogP contribution in [0, 0.1) is 5.41 Å². The lowest BCUT2D eigenvalue weighted by atomic mass is 9.68. The molecular weight excluding hydrogens is 236 g/mol. The fraction of sp³-hybridized carbons (Fsp3) is 0.647. The van der Waals surface area contributed by atoms with Gasteiger partial charge in [0.25, 0.3) is 0 Å². The van der Waals surface area contributed by atoms with Crippen LogP contribution in [0.4, 0.5) is 0 Å². The maximum absolute atomic E-state index is 9.66. The van der Waals surface area contributed by atoms with Gasteiger partial charge in [0.2, 0.25) is 0 Å². The van der Waals surface area contributed by atoms with E-state index >= 15 is 0 Å². The Morgan fingerprint density at radius 3 is 2.58 bits per heavy atom. The molecule has 1 aliphatic rings. The second-order valence-corrected chi connectivity index (χ2v) is 6.27. The first kappa shape index (κ1) is 14.2. The van der Waals surface area contributed by atoms with Gasteiger partial charge in [-0.3, -0.25) is 0 Å². The molecule has 0 aromatic heterocycles. The minimum absolute atomic E-state index is 0.234. The number of hydrogen-bond donors (Lipinski definition) is 1. The molecular formula is C17H26O2. The first-order valence-electron chi connectivity index (χ1n) is 7.45. The van der Waals surface area contributed by atoms with Crippen LogP contribution in [0.2, 0.25) is 0 Å². The normalized spacial score (nSPS) is 27.2. The predicted octanol–water partition coefficient (Wildman–Crippen LogP) is 4.86. The van der Waals surface area contributed by atoms with Gasteiger partial charge in [-0.1, -0.05) is 26.3 Å². The summed E-state index contributed by atoms with van der Waals surface area (Å²) in [5.41, 5.74) is 1.86. The smallest absolute Gasteiger partial charge is 0.160 e. The predicted molar refractivity (Wildman–Crippen MR) is 78.9 cm³/mol. The van der Waals surface area contributed by atoms with Crippen molar-refractivity contribution in [3.05, 3.63) is 23.8 Å². The molecule has 0 heterocycles. The van der Waals surface area contributed by atoms with E-state index in [1.54, 1.807) is 13.2 Å². The fourth-order valence-corrected chi connectivity index (χ4v) is 3.45. The van der Waals surface area contributed by atoms with Gasteiger partial charge in [-0.25, -0.2) is 0 Å². The first-order chi connectivity index (χ1) is 9.08. The summed E-state index contributed by atoms with van der Waals surface area (Å²) in [6.07, 6.45) is 7.77. The van der Waals surface area contributed by atoms with Crippen molar-refractivity contribution in [2.45, 2.75) is 58.3 Å². The molecule has 1 aromatic rings. The van der Waals surface area contributed by atoms with Crippen molar-refractivity contribution < 1.29 is 9.84 Å². The maximum Gasteiger partial charge on any atom is 0.160 e. The van der Waals surface area contributed by atoms with Crippen LogP contribution >= 0.6 is 0 Å². The minimum Gasteiger partial charge on any atom is -0.504 e. The average molecular weight is 262 g/mol. The van der Waals surface area contributed by atoms with Crippen LogP contribution in [0.1, 0.15) is 63.9 Å². The Bertz CT molecular complexity index is 417. The molecule has 1 fully saturated rings. The van der Waals surface area contributed by atoms with Crippen molar-refractivity contribution in [2.24, 2.45) is 5.41 Å². The van der Waals surface area contributed by atoms with Crippen LogP contribution in [-0.4, -0.2) is 12.2 Å². The lowest BCUT2D eigenvalue weighted by Gasteiger charge is -2.37. The standard InChI is InChI=1S/C17H26O2/c1-4-9-17(2)10-7-13(8-11-17)14-5-6-15(18)16(12-14)19-3/h5-6,12-13,18H,4,7-11H2,1-3H3. The van der Waals surface area contributed by atoms with E-state index in [0.29, 0.717) is 17.1 Å². The van der Waals surface area contributed by atoms with E-state index in [9.17, 15) is 5.11 Å². The van der Waals surface area contributed by atoms with Crippen molar-refractivity contribution in [1.29, 1.82) is 0 Å². The molecule has 1 aromatic carbocycles. The molecule has 1 aliphatic carbocycles. The zero-order chi connectivity index (χ0) is 13.9. The van der Waals surface area contributed by atoms with Gasteiger partial charge in [0.15, 0.2) is 11.5 Å². The average Bonchev–Trinajstić information content (AvgIpc) is 2.40. The van der Waals surface area contributed by atoms with Crippen LogP contribution in [0.5, 0.6) is 11.5 Å². The number of phenolic OH excluding ortho intramolecular Hbond substituents is 1. The molecule has 0 bridgehead atoms. The third kappa shape index (κ3) is 3.23. The molecule has 1 saturated carbocycles. The lowest BCUT2D eigenvalue weighted by molar-refractivity contribution is 0.182. The Labute approximate surface area is 116 Å². The van der Waals surface area contributed by atoms with Gasteiger partial charge in [0.1, 0.15) is 0 Å². The molecule has 0 unspecified atom stereocenters. The molecule has 0 spiro atoms. The van der Waals surface area contributed by atoms with E-state index in [1.807, 2.05) is 12.1 Å². The topological polar surface area (TPSA) is 29.5 Å². The highest BCUT2D eigenvalue weighted by molar-refractivity contribution is 5.42. The lowest BCUT2D eigenvalue weighted by Crippen LogP contribution is -2.23. The summed E-state index contributed by atoms with van der Waals surface area (Å²) in [6, 6.07) is 5.81. The van der Waals surface area contributed by atoms with E-state index in [2.05, 4.69) is 13.8 Å². The van der Waals surface area contributed by atoms with Crippen molar-refractivity contribution in [3.8, 4) is 11.5 Å². The molecule has 0 aliphatic heterocycles. The Morgan fingerprint density at radius 1 is 1.32 bits per heavy atom. The molecule has 2 rings (SSSR count). The van der Waals surface area contributed by atoms with Crippen molar-refractivity contribution >= 4 is 0 Å². The highest BCUT2D eigenvalue weighted by Gasteiger charge is 2.30. The van der Waals surface area contributed by atoms with E-state index in [4.69, 9.17) is 4.74 Å². The van der Waals surface area contributed by atoms with Crippen molar-refractivity contribution in [1.82, 2.24) is 0 Å². The highest BCUT2D eigenvalue weighted by Crippen LogP contribution is 2.46. The van der Waals surface area contributed by atoms with Crippen LogP contribution in [0.3, 0.4) is 0 Å². The second kappa shape index (κ2) is 5.85. The number of methoxy groups -OCH3 is 1. The quantitative estimate of drug-likeness (QED) is 0.839. The Morgan fingerprint density at radius 2 is 2.00 bits per heavy atom. The third-order valence-corrected chi connectivity index (χ3v) is 4.72. The summed E-state index contributed by atoms with van der Waals surface area (Å²) in [5, 5.41) is 9.66. The molecule has 19 heavy (non-hydrogen) atoms. The van der Waals surface area contributed by atoms with E-state index < -0.39 is 0 Å². The molecule has 2 heteroatoms. The summed E-state index contributed by atoms with van der Waals surface area (Å²) in [7, 11) is 1.61. The number of rotatable bonds is 4. The first-order valence-corrected chi connectivity index (χ1v) is 7.45. The summed E-state index contributed by atoms with van der Waals surface area (Å²) >= 11 is 0. The van der Waals surface area contributed by atoms with Crippen LogP contribution in [0.15, 0.2) is 18.2 Å². The molecule has 2 nitrogen and oxygen atoms in total. The van der Waals surface area contributed by atoms with Gasteiger partial charge in [-0.05, 0) is 61.1 Å². The SMILES string of the molecule is CCCC1(C)CCC(c2ccc(O)c(OC)c2)CC1. The number of aromatic hydroxyl groups is 1. The van der Waals surface area contributed by atoms with Gasteiger partial charge in [-0.15, -0.1) is 0 Å². The number of ether oxygens (including phenoxy) is 1. The van der Waals surface area contributed by atoms with Crippen molar-refractivity contribution in [2.75, 3.05) is 7.11 Å². The summed E-state index contributed by atoms with van der Waals surface area (Å²) in [4.78, 5) is 0.